The Kier molecular flexibility index (Phi) is 4.84. The molecule has 0 saturated carbocycles. The highest BCUT2D eigenvalue weighted by atomic mass is 17.1. The first-order chi connectivity index (χ1) is 7.27. The maximum Gasteiger partial charge on any atom is 0.168 e. The molecule has 15 heavy (non-hydrogen) atoms. The SMILES string of the molecule is CCCCC(=O)Cc1ccccc1OO. The van der Waals surface area contributed by atoms with E-state index in [1.54, 1.807) is 18.2 Å². The van der Waals surface area contributed by atoms with Gasteiger partial charge in [-0.3, -0.25) is 4.79 Å². The highest BCUT2D eigenvalue weighted by molar-refractivity contribution is 5.81. The van der Waals surface area contributed by atoms with E-state index in [0.717, 1.165) is 18.4 Å². The van der Waals surface area contributed by atoms with Crippen molar-refractivity contribution in [3.63, 3.8) is 0 Å². The molecular formula is C12H16O3. The van der Waals surface area contributed by atoms with Crippen molar-refractivity contribution in [2.45, 2.75) is 32.6 Å². The first-order valence-corrected chi connectivity index (χ1v) is 5.19. The maximum atomic E-state index is 11.5. The lowest BCUT2D eigenvalue weighted by molar-refractivity contribution is -0.138. The molecule has 1 N–H and O–H groups in total. The summed E-state index contributed by atoms with van der Waals surface area (Å²) in [5, 5.41) is 8.60. The van der Waals surface area contributed by atoms with Crippen LogP contribution in [0, 0.1) is 0 Å². The molecule has 1 rings (SSSR count). The Balaban J connectivity index is 2.59. The van der Waals surface area contributed by atoms with Crippen LogP contribution in [0.2, 0.25) is 0 Å². The first-order valence-electron chi connectivity index (χ1n) is 5.19. The quantitative estimate of drug-likeness (QED) is 0.577. The van der Waals surface area contributed by atoms with Crippen molar-refractivity contribution < 1.29 is 14.9 Å². The van der Waals surface area contributed by atoms with E-state index < -0.39 is 0 Å². The summed E-state index contributed by atoms with van der Waals surface area (Å²) in [7, 11) is 0. The predicted octanol–water partition coefficient (Wildman–Crippen LogP) is 2.84. The van der Waals surface area contributed by atoms with Crippen LogP contribution in [-0.2, 0) is 11.2 Å². The largest absolute Gasteiger partial charge is 0.340 e. The number of hydrogen-bond donors (Lipinski definition) is 1. The number of carbonyl (C=O) groups is 1. The van der Waals surface area contributed by atoms with Crippen molar-refractivity contribution in [2.75, 3.05) is 0 Å². The van der Waals surface area contributed by atoms with E-state index in [9.17, 15) is 4.79 Å². The molecule has 3 heteroatoms. The average Bonchev–Trinajstić information content (AvgIpc) is 2.27. The Morgan fingerprint density at radius 1 is 1.40 bits per heavy atom. The molecule has 0 spiro atoms. The molecule has 0 heterocycles. The van der Waals surface area contributed by atoms with Crippen LogP contribution in [0.4, 0.5) is 0 Å². The molecule has 0 bridgehead atoms. The molecule has 3 nitrogen and oxygen atoms in total. The topological polar surface area (TPSA) is 46.5 Å². The van der Waals surface area contributed by atoms with E-state index in [2.05, 4.69) is 11.8 Å². The van der Waals surface area contributed by atoms with Crippen LogP contribution in [-0.4, -0.2) is 11.0 Å². The summed E-state index contributed by atoms with van der Waals surface area (Å²) in [6.45, 7) is 2.05. The van der Waals surface area contributed by atoms with E-state index in [0.29, 0.717) is 18.6 Å². The number of para-hydroxylation sites is 1. The van der Waals surface area contributed by atoms with E-state index in [-0.39, 0.29) is 5.78 Å². The minimum absolute atomic E-state index is 0.182. The lowest BCUT2D eigenvalue weighted by Crippen LogP contribution is -2.03. The third-order valence-corrected chi connectivity index (χ3v) is 2.27. The van der Waals surface area contributed by atoms with Gasteiger partial charge in [0.15, 0.2) is 5.75 Å². The van der Waals surface area contributed by atoms with Crippen LogP contribution in [0.3, 0.4) is 0 Å². The second kappa shape index (κ2) is 6.19. The molecule has 0 saturated heterocycles. The van der Waals surface area contributed by atoms with Crippen molar-refractivity contribution in [2.24, 2.45) is 0 Å². The van der Waals surface area contributed by atoms with Crippen LogP contribution in [0.25, 0.3) is 0 Å². The summed E-state index contributed by atoms with van der Waals surface area (Å²) in [4.78, 5) is 15.7. The van der Waals surface area contributed by atoms with Crippen molar-refractivity contribution in [3.05, 3.63) is 29.8 Å². The molecule has 0 aromatic heterocycles. The molecule has 1 aromatic rings. The number of ketones is 1. The lowest BCUT2D eigenvalue weighted by atomic mass is 10.0. The predicted molar refractivity (Wildman–Crippen MR) is 57.9 cm³/mol. The van der Waals surface area contributed by atoms with Gasteiger partial charge in [-0.25, -0.2) is 5.26 Å². The van der Waals surface area contributed by atoms with Crippen LogP contribution < -0.4 is 4.89 Å². The number of carbonyl (C=O) groups excluding carboxylic acids is 1. The van der Waals surface area contributed by atoms with E-state index in [1.165, 1.54) is 0 Å². The second-order valence-electron chi connectivity index (χ2n) is 3.52. The average molecular weight is 208 g/mol. The van der Waals surface area contributed by atoms with Crippen LogP contribution in [0.15, 0.2) is 24.3 Å². The molecule has 0 fully saturated rings. The molecule has 0 atom stereocenters. The van der Waals surface area contributed by atoms with Crippen LogP contribution in [0.5, 0.6) is 5.75 Å². The summed E-state index contributed by atoms with van der Waals surface area (Å²) in [6, 6.07) is 7.01. The van der Waals surface area contributed by atoms with Gasteiger partial charge in [-0.2, -0.15) is 0 Å². The van der Waals surface area contributed by atoms with Gasteiger partial charge in [0.2, 0.25) is 0 Å². The third kappa shape index (κ3) is 3.72. The standard InChI is InChI=1S/C12H16O3/c1-2-3-7-11(13)9-10-6-4-5-8-12(10)15-14/h4-6,8,14H,2-3,7,9H2,1H3. The molecule has 0 radical (unpaired) electrons. The van der Waals surface area contributed by atoms with E-state index in [1.807, 2.05) is 6.07 Å². The monoisotopic (exact) mass is 208 g/mol. The number of unbranched alkanes of at least 4 members (excludes halogenated alkanes) is 1. The maximum absolute atomic E-state index is 11.5. The molecule has 0 amide bonds. The van der Waals surface area contributed by atoms with Gasteiger partial charge in [0, 0.05) is 18.4 Å². The molecule has 0 aliphatic carbocycles. The number of Topliss-reactive ketones (excluding diaryl/α,β-unsaturated/α-hetero) is 1. The van der Waals surface area contributed by atoms with Gasteiger partial charge < -0.3 is 4.89 Å². The van der Waals surface area contributed by atoms with Gasteiger partial charge in [0.25, 0.3) is 0 Å². The van der Waals surface area contributed by atoms with E-state index in [4.69, 9.17) is 5.26 Å². The fourth-order valence-electron chi connectivity index (χ4n) is 1.41. The number of rotatable bonds is 6. The van der Waals surface area contributed by atoms with Gasteiger partial charge in [-0.15, -0.1) is 0 Å². The highest BCUT2D eigenvalue weighted by Gasteiger charge is 2.08. The summed E-state index contributed by atoms with van der Waals surface area (Å²) in [6.07, 6.45) is 2.86. The molecule has 0 aliphatic rings. The summed E-state index contributed by atoms with van der Waals surface area (Å²) in [5.74, 6) is 0.545. The molecule has 0 aliphatic heterocycles. The zero-order valence-corrected chi connectivity index (χ0v) is 8.90. The molecular weight excluding hydrogens is 192 g/mol. The van der Waals surface area contributed by atoms with Gasteiger partial charge >= 0.3 is 0 Å². The fourth-order valence-corrected chi connectivity index (χ4v) is 1.41. The van der Waals surface area contributed by atoms with Crippen LogP contribution in [0.1, 0.15) is 31.7 Å². The van der Waals surface area contributed by atoms with Gasteiger partial charge in [0.1, 0.15) is 5.78 Å². The zero-order valence-electron chi connectivity index (χ0n) is 8.90. The lowest BCUT2D eigenvalue weighted by Gasteiger charge is -2.04. The van der Waals surface area contributed by atoms with E-state index >= 15 is 0 Å². The summed E-state index contributed by atoms with van der Waals surface area (Å²) < 4.78 is 0. The first kappa shape index (κ1) is 11.7. The van der Waals surface area contributed by atoms with Gasteiger partial charge in [-0.1, -0.05) is 31.5 Å². The summed E-state index contributed by atoms with van der Waals surface area (Å²) in [5.41, 5.74) is 0.737. The zero-order chi connectivity index (χ0) is 11.1. The number of hydrogen-bond acceptors (Lipinski definition) is 3. The van der Waals surface area contributed by atoms with Gasteiger partial charge in [-0.05, 0) is 12.5 Å². The smallest absolute Gasteiger partial charge is 0.168 e. The number of benzene rings is 1. The Bertz CT molecular complexity index is 320. The molecule has 0 unspecified atom stereocenters. The Labute approximate surface area is 89.6 Å². The Morgan fingerprint density at radius 3 is 2.80 bits per heavy atom. The Hall–Kier alpha value is -1.35. The van der Waals surface area contributed by atoms with Crippen molar-refractivity contribution in [1.82, 2.24) is 0 Å². The highest BCUT2D eigenvalue weighted by Crippen LogP contribution is 2.18. The summed E-state index contributed by atoms with van der Waals surface area (Å²) >= 11 is 0. The van der Waals surface area contributed by atoms with Crippen molar-refractivity contribution >= 4 is 5.78 Å². The minimum Gasteiger partial charge on any atom is -0.340 e. The fraction of sp³-hybridized carbons (Fsp3) is 0.417. The molecule has 1 aromatic carbocycles. The normalized spacial score (nSPS) is 10.0. The van der Waals surface area contributed by atoms with Gasteiger partial charge in [0.05, 0.1) is 0 Å². The minimum atomic E-state index is 0.182. The van der Waals surface area contributed by atoms with Crippen molar-refractivity contribution in [1.29, 1.82) is 0 Å². The second-order valence-corrected chi connectivity index (χ2v) is 3.52. The van der Waals surface area contributed by atoms with Crippen LogP contribution >= 0.6 is 0 Å². The third-order valence-electron chi connectivity index (χ3n) is 2.27. The Morgan fingerprint density at radius 2 is 2.13 bits per heavy atom. The van der Waals surface area contributed by atoms with Crippen molar-refractivity contribution in [3.8, 4) is 5.75 Å². The molecule has 82 valence electrons.